The highest BCUT2D eigenvalue weighted by Crippen LogP contribution is 2.44. The first-order valence-electron chi connectivity index (χ1n) is 18.4. The lowest BCUT2D eigenvalue weighted by atomic mass is 9.70. The van der Waals surface area contributed by atoms with Gasteiger partial charge in [0.05, 0.1) is 12.1 Å². The summed E-state index contributed by atoms with van der Waals surface area (Å²) in [7, 11) is 0. The number of rotatable bonds is 8. The second-order valence-corrected chi connectivity index (χ2v) is 20.6. The SMILES string of the molecule is CC(C)(C)CC(C)(C)c1cc(C(C)(C)C)cc(C=NC2CCCCC2N=Cc2cc(C(C)(C)C)cc(C(C)(C)CC(C)(C)C)c2O)c1O. The van der Waals surface area contributed by atoms with E-state index in [0.29, 0.717) is 11.5 Å². The molecular formula is C44H70N2O2. The van der Waals surface area contributed by atoms with Gasteiger partial charge in [0.25, 0.3) is 0 Å². The fraction of sp³-hybridized carbons (Fsp3) is 0.682. The van der Waals surface area contributed by atoms with E-state index in [1.165, 1.54) is 11.1 Å². The number of hydrogen-bond acceptors (Lipinski definition) is 4. The number of nitrogens with zero attached hydrogens (tertiary/aromatic N) is 2. The first-order chi connectivity index (χ1) is 21.6. The standard InChI is InChI=1S/C44H70N2O2/c1-39(2,3)27-43(13,14)33-23-31(41(7,8)9)21-29(37(33)47)25-45-35-19-17-18-20-36(35)46-26-30-22-32(42(10,11)12)24-34(38(30)48)44(15,16)28-40(4,5)6/h21-26,35-36,47-48H,17-20,27-28H2,1-16H3. The van der Waals surface area contributed by atoms with Crippen molar-refractivity contribution in [1.29, 1.82) is 0 Å². The van der Waals surface area contributed by atoms with Gasteiger partial charge in [-0.25, -0.2) is 0 Å². The molecule has 2 atom stereocenters. The Labute approximate surface area is 295 Å². The third-order valence-corrected chi connectivity index (χ3v) is 9.92. The summed E-state index contributed by atoms with van der Waals surface area (Å²) in [5.74, 6) is 0.678. The predicted molar refractivity (Wildman–Crippen MR) is 209 cm³/mol. The average molecular weight is 659 g/mol. The van der Waals surface area contributed by atoms with Gasteiger partial charge in [-0.05, 0) is 81.4 Å². The number of phenolic OH excluding ortho intramolecular Hbond substituents is 2. The molecule has 1 fully saturated rings. The van der Waals surface area contributed by atoms with Gasteiger partial charge in [0.2, 0.25) is 0 Å². The van der Waals surface area contributed by atoms with Gasteiger partial charge in [-0.3, -0.25) is 9.98 Å². The molecule has 2 N–H and O–H groups in total. The molecular weight excluding hydrogens is 588 g/mol. The molecule has 2 unspecified atom stereocenters. The molecule has 2 aromatic rings. The summed E-state index contributed by atoms with van der Waals surface area (Å²) in [6, 6.07) is 8.69. The Kier molecular flexibility index (Phi) is 11.6. The zero-order valence-electron chi connectivity index (χ0n) is 33.7. The minimum Gasteiger partial charge on any atom is -0.507 e. The van der Waals surface area contributed by atoms with Crippen LogP contribution in [0, 0.1) is 10.8 Å². The highest BCUT2D eigenvalue weighted by atomic mass is 16.3. The third kappa shape index (κ3) is 10.4. The van der Waals surface area contributed by atoms with Crippen molar-refractivity contribution >= 4 is 12.4 Å². The van der Waals surface area contributed by atoms with Crippen molar-refractivity contribution in [2.75, 3.05) is 0 Å². The van der Waals surface area contributed by atoms with Crippen molar-refractivity contribution in [3.8, 4) is 11.5 Å². The topological polar surface area (TPSA) is 65.2 Å². The zero-order chi connectivity index (χ0) is 36.7. The molecule has 0 radical (unpaired) electrons. The van der Waals surface area contributed by atoms with E-state index in [4.69, 9.17) is 9.98 Å². The molecule has 48 heavy (non-hydrogen) atoms. The molecule has 4 nitrogen and oxygen atoms in total. The average Bonchev–Trinajstić information content (AvgIpc) is 2.88. The Morgan fingerprint density at radius 3 is 1.12 bits per heavy atom. The summed E-state index contributed by atoms with van der Waals surface area (Å²) < 4.78 is 0. The van der Waals surface area contributed by atoms with Crippen LogP contribution in [0.2, 0.25) is 0 Å². The van der Waals surface area contributed by atoms with Crippen molar-refractivity contribution in [3.63, 3.8) is 0 Å². The number of phenols is 2. The van der Waals surface area contributed by atoms with Crippen LogP contribution in [0.4, 0.5) is 0 Å². The maximum Gasteiger partial charge on any atom is 0.128 e. The van der Waals surface area contributed by atoms with Gasteiger partial charge in [0.15, 0.2) is 0 Å². The molecule has 0 amide bonds. The molecule has 1 saturated carbocycles. The van der Waals surface area contributed by atoms with Gasteiger partial charge in [-0.1, -0.05) is 136 Å². The van der Waals surface area contributed by atoms with E-state index in [9.17, 15) is 10.2 Å². The minimum atomic E-state index is -0.201. The lowest BCUT2D eigenvalue weighted by Crippen LogP contribution is -2.28. The van der Waals surface area contributed by atoms with Crippen LogP contribution in [0.15, 0.2) is 34.3 Å². The van der Waals surface area contributed by atoms with E-state index in [1.54, 1.807) is 0 Å². The van der Waals surface area contributed by atoms with Gasteiger partial charge in [0, 0.05) is 34.7 Å². The fourth-order valence-electron chi connectivity index (χ4n) is 8.04. The molecule has 3 rings (SSSR count). The second-order valence-electron chi connectivity index (χ2n) is 20.6. The van der Waals surface area contributed by atoms with Crippen LogP contribution in [0.5, 0.6) is 11.5 Å². The van der Waals surface area contributed by atoms with Crippen LogP contribution in [-0.2, 0) is 21.7 Å². The van der Waals surface area contributed by atoms with Crippen molar-refractivity contribution in [3.05, 3.63) is 57.6 Å². The highest BCUT2D eigenvalue weighted by molar-refractivity contribution is 5.86. The van der Waals surface area contributed by atoms with E-state index in [2.05, 4.69) is 135 Å². The van der Waals surface area contributed by atoms with Gasteiger partial charge in [-0.15, -0.1) is 0 Å². The van der Waals surface area contributed by atoms with Crippen LogP contribution in [0.1, 0.15) is 183 Å². The molecule has 1 aliphatic carbocycles. The molecule has 1 aliphatic rings. The molecule has 0 spiro atoms. The first kappa shape index (κ1) is 39.8. The Balaban J connectivity index is 2.05. The van der Waals surface area contributed by atoms with E-state index in [0.717, 1.165) is 60.8 Å². The van der Waals surface area contributed by atoms with Crippen molar-refractivity contribution in [1.82, 2.24) is 0 Å². The van der Waals surface area contributed by atoms with E-state index in [-0.39, 0.29) is 44.6 Å². The smallest absolute Gasteiger partial charge is 0.128 e. The molecule has 0 heterocycles. The molecule has 268 valence electrons. The number of benzene rings is 2. The van der Waals surface area contributed by atoms with Crippen molar-refractivity contribution in [2.24, 2.45) is 20.8 Å². The van der Waals surface area contributed by atoms with Gasteiger partial charge in [0.1, 0.15) is 11.5 Å². The molecule has 0 bridgehead atoms. The molecule has 0 aliphatic heterocycles. The Morgan fingerprint density at radius 1 is 0.542 bits per heavy atom. The second kappa shape index (κ2) is 13.9. The number of aromatic hydroxyl groups is 2. The van der Waals surface area contributed by atoms with Crippen LogP contribution in [0.25, 0.3) is 0 Å². The van der Waals surface area contributed by atoms with Crippen LogP contribution >= 0.6 is 0 Å². The van der Waals surface area contributed by atoms with E-state index in [1.807, 2.05) is 12.4 Å². The normalized spacial score (nSPS) is 19.1. The summed E-state index contributed by atoms with van der Waals surface area (Å²) in [6.07, 6.45) is 9.86. The van der Waals surface area contributed by atoms with E-state index >= 15 is 0 Å². The Hall–Kier alpha value is -2.62. The first-order valence-corrected chi connectivity index (χ1v) is 18.4. The summed E-state index contributed by atoms with van der Waals surface area (Å²) in [5, 5.41) is 23.4. The van der Waals surface area contributed by atoms with Crippen LogP contribution in [-0.4, -0.2) is 34.7 Å². The fourth-order valence-corrected chi connectivity index (χ4v) is 8.04. The van der Waals surface area contributed by atoms with Crippen LogP contribution < -0.4 is 0 Å². The maximum absolute atomic E-state index is 11.7. The van der Waals surface area contributed by atoms with Gasteiger partial charge < -0.3 is 10.2 Å². The lowest BCUT2D eigenvalue weighted by Gasteiger charge is -2.35. The third-order valence-electron chi connectivity index (χ3n) is 9.92. The number of aliphatic imine (C=N–C) groups is 2. The van der Waals surface area contributed by atoms with E-state index < -0.39 is 0 Å². The molecule has 4 heteroatoms. The van der Waals surface area contributed by atoms with Crippen molar-refractivity contribution in [2.45, 2.75) is 183 Å². The number of hydrogen-bond donors (Lipinski definition) is 2. The monoisotopic (exact) mass is 659 g/mol. The Morgan fingerprint density at radius 2 is 0.854 bits per heavy atom. The molecule has 2 aromatic carbocycles. The quantitative estimate of drug-likeness (QED) is 0.277. The summed E-state index contributed by atoms with van der Waals surface area (Å²) in [6.45, 7) is 35.9. The molecule has 0 saturated heterocycles. The van der Waals surface area contributed by atoms with Gasteiger partial charge in [-0.2, -0.15) is 0 Å². The summed E-state index contributed by atoms with van der Waals surface area (Å²) in [4.78, 5) is 10.3. The minimum absolute atomic E-state index is 0.0171. The Bertz CT molecular complexity index is 1370. The van der Waals surface area contributed by atoms with Crippen molar-refractivity contribution < 1.29 is 10.2 Å². The maximum atomic E-state index is 11.7. The molecule has 0 aromatic heterocycles. The predicted octanol–water partition coefficient (Wildman–Crippen LogP) is 12.0. The zero-order valence-corrected chi connectivity index (χ0v) is 33.7. The lowest BCUT2D eigenvalue weighted by molar-refractivity contribution is 0.277. The largest absolute Gasteiger partial charge is 0.507 e. The summed E-state index contributed by atoms with van der Waals surface area (Å²) >= 11 is 0. The highest BCUT2D eigenvalue weighted by Gasteiger charge is 2.34. The summed E-state index contributed by atoms with van der Waals surface area (Å²) in [5.41, 5.74) is 5.68. The van der Waals surface area contributed by atoms with Gasteiger partial charge >= 0.3 is 0 Å². The van der Waals surface area contributed by atoms with Crippen LogP contribution in [0.3, 0.4) is 0 Å².